The molecule has 1 heterocycles. The fourth-order valence-corrected chi connectivity index (χ4v) is 2.62. The minimum atomic E-state index is -1.34. The largest absolute Gasteiger partial charge is 0.478 e. The molecule has 1 aliphatic rings. The Hall–Kier alpha value is -1.69. The van der Waals surface area contributed by atoms with Gasteiger partial charge in [-0.3, -0.25) is 0 Å². The van der Waals surface area contributed by atoms with Gasteiger partial charge in [-0.25, -0.2) is 13.6 Å². The molecule has 2 rings (SSSR count). The van der Waals surface area contributed by atoms with Crippen molar-refractivity contribution in [2.75, 3.05) is 31.5 Å². The van der Waals surface area contributed by atoms with Gasteiger partial charge in [0.05, 0.1) is 5.56 Å². The van der Waals surface area contributed by atoms with Crippen LogP contribution < -0.4 is 5.32 Å². The first-order valence-electron chi connectivity index (χ1n) is 7.19. The third kappa shape index (κ3) is 3.91. The van der Waals surface area contributed by atoms with Crippen molar-refractivity contribution >= 4 is 11.7 Å². The van der Waals surface area contributed by atoms with Gasteiger partial charge in [-0.2, -0.15) is 0 Å². The van der Waals surface area contributed by atoms with Crippen molar-refractivity contribution in [3.8, 4) is 0 Å². The number of nitrogens with one attached hydrogen (secondary N) is 1. The first kappa shape index (κ1) is 15.7. The van der Waals surface area contributed by atoms with Crippen LogP contribution in [0.25, 0.3) is 0 Å². The molecular formula is C15H20F2N2O2. The van der Waals surface area contributed by atoms with Gasteiger partial charge < -0.3 is 15.3 Å². The second-order valence-electron chi connectivity index (χ2n) is 5.38. The van der Waals surface area contributed by atoms with Crippen molar-refractivity contribution < 1.29 is 18.7 Å². The molecule has 0 aliphatic carbocycles. The number of rotatable bonds is 5. The fraction of sp³-hybridized carbons (Fsp3) is 0.533. The van der Waals surface area contributed by atoms with Gasteiger partial charge in [-0.15, -0.1) is 0 Å². The van der Waals surface area contributed by atoms with E-state index in [2.05, 4.69) is 17.1 Å². The average molecular weight is 298 g/mol. The van der Waals surface area contributed by atoms with Gasteiger partial charge in [-0.1, -0.05) is 6.92 Å². The summed E-state index contributed by atoms with van der Waals surface area (Å²) in [5, 5.41) is 11.5. The quantitative estimate of drug-likeness (QED) is 0.877. The molecule has 1 saturated heterocycles. The number of benzene rings is 1. The molecule has 4 nitrogen and oxygen atoms in total. The predicted molar refractivity (Wildman–Crippen MR) is 76.6 cm³/mol. The van der Waals surface area contributed by atoms with Crippen molar-refractivity contribution in [1.82, 2.24) is 4.90 Å². The van der Waals surface area contributed by atoms with E-state index in [1.54, 1.807) is 0 Å². The Morgan fingerprint density at radius 2 is 1.90 bits per heavy atom. The minimum Gasteiger partial charge on any atom is -0.478 e. The van der Waals surface area contributed by atoms with Crippen LogP contribution in [-0.4, -0.2) is 42.2 Å². The molecule has 0 aromatic heterocycles. The predicted octanol–water partition coefficient (Wildman–Crippen LogP) is 2.81. The SMILES string of the molecule is CCN1CCC(CNc2c(F)cc(C(=O)O)cc2F)CC1. The Morgan fingerprint density at radius 1 is 1.33 bits per heavy atom. The summed E-state index contributed by atoms with van der Waals surface area (Å²) in [6.07, 6.45) is 1.99. The zero-order valence-electron chi connectivity index (χ0n) is 12.0. The summed E-state index contributed by atoms with van der Waals surface area (Å²) >= 11 is 0. The summed E-state index contributed by atoms with van der Waals surface area (Å²) in [4.78, 5) is 13.1. The molecule has 2 N–H and O–H groups in total. The monoisotopic (exact) mass is 298 g/mol. The van der Waals surface area contributed by atoms with E-state index >= 15 is 0 Å². The number of carboxylic acids is 1. The standard InChI is InChI=1S/C15H20F2N2O2/c1-2-19-5-3-10(4-6-19)9-18-14-12(16)7-11(15(20)21)8-13(14)17/h7-8,10,18H,2-6,9H2,1H3,(H,20,21). The van der Waals surface area contributed by atoms with Crippen LogP contribution in [0.3, 0.4) is 0 Å². The van der Waals surface area contributed by atoms with E-state index in [1.165, 1.54) is 0 Å². The Labute approximate surface area is 122 Å². The summed E-state index contributed by atoms with van der Waals surface area (Å²) in [5.74, 6) is -2.69. The molecule has 1 aliphatic heterocycles. The van der Waals surface area contributed by atoms with Crippen LogP contribution in [0.15, 0.2) is 12.1 Å². The van der Waals surface area contributed by atoms with E-state index in [0.29, 0.717) is 12.5 Å². The van der Waals surface area contributed by atoms with Gasteiger partial charge in [0.25, 0.3) is 0 Å². The van der Waals surface area contributed by atoms with E-state index in [9.17, 15) is 13.6 Å². The fourth-order valence-electron chi connectivity index (χ4n) is 2.62. The molecule has 116 valence electrons. The van der Waals surface area contributed by atoms with Gasteiger partial charge in [0.15, 0.2) is 0 Å². The molecule has 0 radical (unpaired) electrons. The zero-order chi connectivity index (χ0) is 15.4. The molecule has 0 unspecified atom stereocenters. The van der Waals surface area contributed by atoms with Crippen LogP contribution in [0.1, 0.15) is 30.1 Å². The Kier molecular flexibility index (Phi) is 5.12. The lowest BCUT2D eigenvalue weighted by Gasteiger charge is -2.31. The lowest BCUT2D eigenvalue weighted by molar-refractivity contribution is 0.0696. The molecule has 0 spiro atoms. The summed E-state index contributed by atoms with van der Waals surface area (Å²) in [5.41, 5.74) is -0.621. The van der Waals surface area contributed by atoms with Gasteiger partial charge in [0.1, 0.15) is 17.3 Å². The number of aromatic carboxylic acids is 1. The van der Waals surface area contributed by atoms with Crippen LogP contribution in [0.4, 0.5) is 14.5 Å². The van der Waals surface area contributed by atoms with Gasteiger partial charge >= 0.3 is 5.97 Å². The maximum absolute atomic E-state index is 13.8. The van der Waals surface area contributed by atoms with E-state index in [4.69, 9.17) is 5.11 Å². The van der Waals surface area contributed by atoms with E-state index in [0.717, 1.165) is 44.6 Å². The van der Waals surface area contributed by atoms with Crippen molar-refractivity contribution in [3.63, 3.8) is 0 Å². The molecule has 0 atom stereocenters. The molecule has 0 bridgehead atoms. The smallest absolute Gasteiger partial charge is 0.335 e. The number of halogens is 2. The highest BCUT2D eigenvalue weighted by Crippen LogP contribution is 2.23. The Bertz CT molecular complexity index is 491. The number of carboxylic acid groups (broad SMARTS) is 1. The van der Waals surface area contributed by atoms with Crippen LogP contribution in [0.2, 0.25) is 0 Å². The Morgan fingerprint density at radius 3 is 2.38 bits per heavy atom. The second-order valence-corrected chi connectivity index (χ2v) is 5.38. The van der Waals surface area contributed by atoms with Crippen molar-refractivity contribution in [1.29, 1.82) is 0 Å². The first-order valence-corrected chi connectivity index (χ1v) is 7.19. The maximum atomic E-state index is 13.8. The molecular weight excluding hydrogens is 278 g/mol. The normalized spacial score (nSPS) is 16.9. The highest BCUT2D eigenvalue weighted by atomic mass is 19.1. The van der Waals surface area contributed by atoms with Crippen molar-refractivity contribution in [2.24, 2.45) is 5.92 Å². The third-order valence-electron chi connectivity index (χ3n) is 4.01. The topological polar surface area (TPSA) is 52.6 Å². The number of hydrogen-bond acceptors (Lipinski definition) is 3. The highest BCUT2D eigenvalue weighted by molar-refractivity contribution is 5.88. The number of hydrogen-bond donors (Lipinski definition) is 2. The number of likely N-dealkylation sites (tertiary alicyclic amines) is 1. The van der Waals surface area contributed by atoms with E-state index in [-0.39, 0.29) is 11.3 Å². The zero-order valence-corrected chi connectivity index (χ0v) is 12.0. The maximum Gasteiger partial charge on any atom is 0.335 e. The van der Waals surface area contributed by atoms with Crippen LogP contribution in [0.5, 0.6) is 0 Å². The van der Waals surface area contributed by atoms with E-state index < -0.39 is 17.6 Å². The lowest BCUT2D eigenvalue weighted by Crippen LogP contribution is -2.35. The first-order chi connectivity index (χ1) is 10.0. The second kappa shape index (κ2) is 6.85. The molecule has 6 heteroatoms. The molecule has 1 fully saturated rings. The molecule has 1 aromatic rings. The van der Waals surface area contributed by atoms with Gasteiger partial charge in [0, 0.05) is 6.54 Å². The van der Waals surface area contributed by atoms with Gasteiger partial charge in [-0.05, 0) is 50.5 Å². The molecule has 21 heavy (non-hydrogen) atoms. The van der Waals surface area contributed by atoms with Crippen LogP contribution >= 0.6 is 0 Å². The van der Waals surface area contributed by atoms with E-state index in [1.807, 2.05) is 0 Å². The lowest BCUT2D eigenvalue weighted by atomic mass is 9.96. The minimum absolute atomic E-state index is 0.238. The summed E-state index contributed by atoms with van der Waals surface area (Å²) in [6, 6.07) is 1.68. The highest BCUT2D eigenvalue weighted by Gasteiger charge is 2.20. The number of anilines is 1. The Balaban J connectivity index is 1.96. The number of nitrogens with zero attached hydrogens (tertiary/aromatic N) is 1. The van der Waals surface area contributed by atoms with Crippen LogP contribution in [0, 0.1) is 17.6 Å². The summed E-state index contributed by atoms with van der Waals surface area (Å²) in [6.45, 7) is 5.66. The average Bonchev–Trinajstić information content (AvgIpc) is 2.46. The number of piperidine rings is 1. The molecule has 0 amide bonds. The van der Waals surface area contributed by atoms with Crippen LogP contribution in [-0.2, 0) is 0 Å². The third-order valence-corrected chi connectivity index (χ3v) is 4.01. The summed E-state index contributed by atoms with van der Waals surface area (Å²) in [7, 11) is 0. The molecule has 1 aromatic carbocycles. The van der Waals surface area contributed by atoms with Gasteiger partial charge in [0.2, 0.25) is 0 Å². The molecule has 0 saturated carbocycles. The van der Waals surface area contributed by atoms with Crippen molar-refractivity contribution in [3.05, 3.63) is 29.3 Å². The van der Waals surface area contributed by atoms with Crippen molar-refractivity contribution in [2.45, 2.75) is 19.8 Å². The number of carbonyl (C=O) groups is 1. The summed E-state index contributed by atoms with van der Waals surface area (Å²) < 4.78 is 27.5.